The third-order valence-corrected chi connectivity index (χ3v) is 1.48. The highest BCUT2D eigenvalue weighted by Crippen LogP contribution is 2.06. The Labute approximate surface area is 81.7 Å². The quantitative estimate of drug-likeness (QED) is 0.542. The lowest BCUT2D eigenvalue weighted by Gasteiger charge is -2.06. The molecular formula is C9H10ClNO2. The monoisotopic (exact) mass is 199 g/mol. The number of aromatic nitrogens is 1. The van der Waals surface area contributed by atoms with Crippen molar-refractivity contribution in [2.45, 2.75) is 20.0 Å². The molecule has 0 saturated heterocycles. The fourth-order valence-corrected chi connectivity index (χ4v) is 0.960. The van der Waals surface area contributed by atoms with E-state index in [-0.39, 0.29) is 11.8 Å². The first-order valence-corrected chi connectivity index (χ1v) is 4.31. The second-order valence-corrected chi connectivity index (χ2v) is 3.19. The first-order chi connectivity index (χ1) is 6.09. The molecule has 0 aliphatic rings. The Balaban J connectivity index is 2.77. The number of esters is 1. The highest BCUT2D eigenvalue weighted by Gasteiger charge is 2.10. The van der Waals surface area contributed by atoms with E-state index in [0.717, 1.165) is 0 Å². The van der Waals surface area contributed by atoms with Gasteiger partial charge in [0.1, 0.15) is 10.8 Å². The van der Waals surface area contributed by atoms with Crippen LogP contribution >= 0.6 is 11.6 Å². The maximum Gasteiger partial charge on any atom is 0.357 e. The Bertz CT molecular complexity index is 312. The molecule has 1 aromatic rings. The van der Waals surface area contributed by atoms with Crippen molar-refractivity contribution in [2.24, 2.45) is 0 Å². The minimum Gasteiger partial charge on any atom is -0.458 e. The van der Waals surface area contributed by atoms with E-state index in [1.54, 1.807) is 32.0 Å². The highest BCUT2D eigenvalue weighted by molar-refractivity contribution is 6.29. The lowest BCUT2D eigenvalue weighted by molar-refractivity contribution is 0.0371. The molecule has 0 N–H and O–H groups in total. The van der Waals surface area contributed by atoms with Crippen molar-refractivity contribution < 1.29 is 9.53 Å². The normalized spacial score (nSPS) is 10.2. The van der Waals surface area contributed by atoms with E-state index < -0.39 is 5.97 Å². The van der Waals surface area contributed by atoms with Crippen molar-refractivity contribution in [1.29, 1.82) is 0 Å². The summed E-state index contributed by atoms with van der Waals surface area (Å²) in [6.45, 7) is 3.56. The van der Waals surface area contributed by atoms with Crippen LogP contribution in [0.25, 0.3) is 0 Å². The van der Waals surface area contributed by atoms with Gasteiger partial charge in [-0.3, -0.25) is 0 Å². The summed E-state index contributed by atoms with van der Waals surface area (Å²) in [5.41, 5.74) is 0.237. The van der Waals surface area contributed by atoms with Crippen molar-refractivity contribution in [3.63, 3.8) is 0 Å². The number of carbonyl (C=O) groups excluding carboxylic acids is 1. The number of halogens is 1. The van der Waals surface area contributed by atoms with Crippen molar-refractivity contribution in [3.8, 4) is 0 Å². The molecule has 0 atom stereocenters. The lowest BCUT2D eigenvalue weighted by atomic mass is 10.3. The van der Waals surface area contributed by atoms with E-state index in [9.17, 15) is 4.79 Å². The van der Waals surface area contributed by atoms with Crippen LogP contribution in [0.4, 0.5) is 0 Å². The Morgan fingerprint density at radius 1 is 1.54 bits per heavy atom. The van der Waals surface area contributed by atoms with Gasteiger partial charge in [-0.1, -0.05) is 17.7 Å². The molecule has 70 valence electrons. The van der Waals surface area contributed by atoms with Crippen LogP contribution in [0.1, 0.15) is 24.3 Å². The van der Waals surface area contributed by atoms with Crippen LogP contribution < -0.4 is 0 Å². The van der Waals surface area contributed by atoms with Gasteiger partial charge in [-0.2, -0.15) is 0 Å². The molecule has 0 aliphatic heterocycles. The molecule has 13 heavy (non-hydrogen) atoms. The number of pyridine rings is 1. The molecule has 1 rings (SSSR count). The topological polar surface area (TPSA) is 39.2 Å². The second-order valence-electron chi connectivity index (χ2n) is 2.80. The van der Waals surface area contributed by atoms with E-state index in [2.05, 4.69) is 4.98 Å². The minimum atomic E-state index is -0.447. The summed E-state index contributed by atoms with van der Waals surface area (Å²) in [5.74, 6) is -0.447. The molecule has 4 heteroatoms. The lowest BCUT2D eigenvalue weighted by Crippen LogP contribution is -2.12. The van der Waals surface area contributed by atoms with E-state index in [1.165, 1.54) is 0 Å². The molecular weight excluding hydrogens is 190 g/mol. The summed E-state index contributed by atoms with van der Waals surface area (Å²) in [4.78, 5) is 15.1. The van der Waals surface area contributed by atoms with Gasteiger partial charge in [0.05, 0.1) is 6.10 Å². The van der Waals surface area contributed by atoms with Gasteiger partial charge < -0.3 is 4.74 Å². The van der Waals surface area contributed by atoms with Crippen LogP contribution in [0.3, 0.4) is 0 Å². The molecule has 1 aromatic heterocycles. The average molecular weight is 200 g/mol. The van der Waals surface area contributed by atoms with Crippen LogP contribution in [0.2, 0.25) is 5.15 Å². The smallest absolute Gasteiger partial charge is 0.357 e. The average Bonchev–Trinajstić information content (AvgIpc) is 2.03. The van der Waals surface area contributed by atoms with Gasteiger partial charge >= 0.3 is 5.97 Å². The summed E-state index contributed by atoms with van der Waals surface area (Å²) < 4.78 is 4.93. The van der Waals surface area contributed by atoms with E-state index in [0.29, 0.717) is 5.15 Å². The molecule has 0 fully saturated rings. The first-order valence-electron chi connectivity index (χ1n) is 3.93. The Hall–Kier alpha value is -1.09. The summed E-state index contributed by atoms with van der Waals surface area (Å²) in [5, 5.41) is 0.290. The third kappa shape index (κ3) is 3.03. The number of nitrogens with zero attached hydrogens (tertiary/aromatic N) is 1. The number of ether oxygens (including phenoxy) is 1. The number of carbonyl (C=O) groups is 1. The zero-order chi connectivity index (χ0) is 9.84. The molecule has 0 unspecified atom stereocenters. The van der Waals surface area contributed by atoms with Gasteiger partial charge in [0, 0.05) is 0 Å². The molecule has 0 bridgehead atoms. The molecule has 0 spiro atoms. The van der Waals surface area contributed by atoms with Crippen molar-refractivity contribution in [1.82, 2.24) is 4.98 Å². The van der Waals surface area contributed by atoms with Crippen molar-refractivity contribution in [3.05, 3.63) is 29.0 Å². The molecule has 1 heterocycles. The highest BCUT2D eigenvalue weighted by atomic mass is 35.5. The predicted octanol–water partition coefficient (Wildman–Crippen LogP) is 2.30. The zero-order valence-corrected chi connectivity index (χ0v) is 8.21. The van der Waals surface area contributed by atoms with Gasteiger partial charge in [-0.25, -0.2) is 9.78 Å². The zero-order valence-electron chi connectivity index (χ0n) is 7.45. The largest absolute Gasteiger partial charge is 0.458 e. The van der Waals surface area contributed by atoms with Gasteiger partial charge in [0.25, 0.3) is 0 Å². The van der Waals surface area contributed by atoms with E-state index in [1.807, 2.05) is 0 Å². The molecule has 0 aromatic carbocycles. The minimum absolute atomic E-state index is 0.145. The van der Waals surface area contributed by atoms with Gasteiger partial charge in [0.2, 0.25) is 0 Å². The van der Waals surface area contributed by atoms with Crippen molar-refractivity contribution in [2.75, 3.05) is 0 Å². The number of hydrogen-bond acceptors (Lipinski definition) is 3. The van der Waals surface area contributed by atoms with Crippen LogP contribution in [-0.2, 0) is 4.74 Å². The van der Waals surface area contributed by atoms with Crippen LogP contribution in [0.15, 0.2) is 18.2 Å². The Morgan fingerprint density at radius 2 is 2.23 bits per heavy atom. The SMILES string of the molecule is CC(C)OC(=O)c1cccc(Cl)n1. The molecule has 0 amide bonds. The molecule has 0 radical (unpaired) electrons. The predicted molar refractivity (Wildman–Crippen MR) is 49.8 cm³/mol. The maximum atomic E-state index is 11.3. The van der Waals surface area contributed by atoms with Crippen molar-refractivity contribution >= 4 is 17.6 Å². The summed E-state index contributed by atoms with van der Waals surface area (Å²) in [7, 11) is 0. The third-order valence-electron chi connectivity index (χ3n) is 1.27. The first kappa shape index (κ1) is 9.99. The summed E-state index contributed by atoms with van der Waals surface area (Å²) >= 11 is 5.61. The van der Waals surface area contributed by atoms with Gasteiger partial charge in [0.15, 0.2) is 0 Å². The fourth-order valence-electron chi connectivity index (χ4n) is 0.796. The molecule has 3 nitrogen and oxygen atoms in total. The Kier molecular flexibility index (Phi) is 3.25. The fraction of sp³-hybridized carbons (Fsp3) is 0.333. The van der Waals surface area contributed by atoms with Gasteiger partial charge in [-0.05, 0) is 26.0 Å². The van der Waals surface area contributed by atoms with Crippen LogP contribution in [0, 0.1) is 0 Å². The second kappa shape index (κ2) is 4.23. The van der Waals surface area contributed by atoms with E-state index in [4.69, 9.17) is 16.3 Å². The maximum absolute atomic E-state index is 11.3. The molecule has 0 saturated carbocycles. The van der Waals surface area contributed by atoms with Crippen LogP contribution in [-0.4, -0.2) is 17.1 Å². The summed E-state index contributed by atoms with van der Waals surface area (Å²) in [6.07, 6.45) is -0.145. The summed E-state index contributed by atoms with van der Waals surface area (Å²) in [6, 6.07) is 4.83. The van der Waals surface area contributed by atoms with Crippen LogP contribution in [0.5, 0.6) is 0 Å². The van der Waals surface area contributed by atoms with Gasteiger partial charge in [-0.15, -0.1) is 0 Å². The Morgan fingerprint density at radius 3 is 2.77 bits per heavy atom. The number of hydrogen-bond donors (Lipinski definition) is 0. The molecule has 0 aliphatic carbocycles. The number of rotatable bonds is 2. The standard InChI is InChI=1S/C9H10ClNO2/c1-6(2)13-9(12)7-4-3-5-8(10)11-7/h3-6H,1-2H3. The van der Waals surface area contributed by atoms with E-state index >= 15 is 0 Å².